The third-order valence-electron chi connectivity index (χ3n) is 5.38. The molecule has 0 saturated heterocycles. The third-order valence-corrected chi connectivity index (χ3v) is 5.38. The number of carbonyl (C=O) groups excluding carboxylic acids is 1. The van der Waals surface area contributed by atoms with Crippen LogP contribution in [0.25, 0.3) is 0 Å². The summed E-state index contributed by atoms with van der Waals surface area (Å²) in [4.78, 5) is 11.7. The lowest BCUT2D eigenvalue weighted by molar-refractivity contribution is -0.858. The Labute approximate surface area is 198 Å². The van der Waals surface area contributed by atoms with Crippen LogP contribution in [0.1, 0.15) is 103 Å². The quantitative estimate of drug-likeness (QED) is 0.147. The monoisotopic (exact) mass is 458 g/mol. The Balaban J connectivity index is 0. The van der Waals surface area contributed by atoms with Crippen molar-refractivity contribution in [1.29, 1.82) is 0 Å². The summed E-state index contributed by atoms with van der Waals surface area (Å²) in [6.07, 6.45) is 24.9. The van der Waals surface area contributed by atoms with E-state index < -0.39 is 18.6 Å². The third kappa shape index (κ3) is 29.1. The number of allylic oxidation sites excluding steroid dienone is 2. The van der Waals surface area contributed by atoms with E-state index in [1.54, 1.807) is 4.90 Å². The molecule has 0 aromatic heterocycles. The fraction of sp³-hybridized carbons (Fsp3) is 0.885. The minimum Gasteiger partial charge on any atom is -0.548 e. The van der Waals surface area contributed by atoms with Crippen LogP contribution in [0.2, 0.25) is 0 Å². The lowest BCUT2D eigenvalue weighted by atomic mass is 10.1. The van der Waals surface area contributed by atoms with Gasteiger partial charge < -0.3 is 30.3 Å². The number of carbonyl (C=O) groups is 1. The number of hydrogen-bond acceptors (Lipinski definition) is 5. The summed E-state index contributed by atoms with van der Waals surface area (Å²) in [6.45, 7) is 3.48. The molecule has 32 heavy (non-hydrogen) atoms. The zero-order valence-corrected chi connectivity index (χ0v) is 21.4. The maximum atomic E-state index is 10.1. The zero-order chi connectivity index (χ0) is 24.3. The fourth-order valence-electron chi connectivity index (χ4n) is 3.30. The average molecular weight is 459 g/mol. The van der Waals surface area contributed by atoms with Crippen molar-refractivity contribution < 1.29 is 25.0 Å². The normalized spacial score (nSPS) is 12.2. The van der Waals surface area contributed by atoms with Crippen LogP contribution >= 0.6 is 0 Å². The number of carboxylic acid groups (broad SMARTS) is 1. The van der Waals surface area contributed by atoms with Crippen molar-refractivity contribution in [2.75, 3.05) is 40.4 Å². The van der Waals surface area contributed by atoms with Gasteiger partial charge in [-0.2, -0.15) is 0 Å². The molecule has 0 aliphatic heterocycles. The second-order valence-corrected chi connectivity index (χ2v) is 8.98. The standard InChI is InChI=1S/C20H41N.C6H13NO4/c1-4-5-6-7-8-9-10-11-12-13-14-15-16-17-18-19-20-21(2)3;8-3-1-2-7-5(4-9)6(10)11/h11-12H,4-10,13-20H2,1-3H3;5,7-9H,1-4H2,(H,10,11)/b12-11-;/t;5-/m.0/s1. The van der Waals surface area contributed by atoms with Crippen LogP contribution in [0.4, 0.5) is 0 Å². The first-order valence-electron chi connectivity index (χ1n) is 13.1. The van der Waals surface area contributed by atoms with Gasteiger partial charge in [0.25, 0.3) is 0 Å². The SMILES string of the molecule is CCCCCCCC/C=C\CCCCCCCC[NH+](C)C.O=C([O-])[C@H](CO)NCCCO. The van der Waals surface area contributed by atoms with E-state index in [9.17, 15) is 9.90 Å². The number of aliphatic hydroxyl groups is 2. The van der Waals surface area contributed by atoms with Crippen molar-refractivity contribution in [2.45, 2.75) is 109 Å². The van der Waals surface area contributed by atoms with Crippen LogP contribution < -0.4 is 15.3 Å². The number of quaternary nitrogens is 1. The van der Waals surface area contributed by atoms with Gasteiger partial charge in [0.05, 0.1) is 39.3 Å². The molecule has 0 fully saturated rings. The van der Waals surface area contributed by atoms with E-state index in [2.05, 4.69) is 38.5 Å². The molecular formula is C26H54N2O4. The van der Waals surface area contributed by atoms with E-state index in [-0.39, 0.29) is 6.61 Å². The van der Waals surface area contributed by atoms with Gasteiger partial charge in [0.15, 0.2) is 0 Å². The van der Waals surface area contributed by atoms with E-state index in [4.69, 9.17) is 10.2 Å². The van der Waals surface area contributed by atoms with Crippen LogP contribution in [-0.4, -0.2) is 62.6 Å². The van der Waals surface area contributed by atoms with Crippen molar-refractivity contribution in [2.24, 2.45) is 0 Å². The first-order chi connectivity index (χ1) is 15.5. The molecule has 0 saturated carbocycles. The minimum absolute atomic E-state index is 0.00179. The van der Waals surface area contributed by atoms with Crippen LogP contribution in [-0.2, 0) is 4.79 Å². The van der Waals surface area contributed by atoms with Gasteiger partial charge in [-0.05, 0) is 51.5 Å². The van der Waals surface area contributed by atoms with Crippen molar-refractivity contribution in [1.82, 2.24) is 5.32 Å². The highest BCUT2D eigenvalue weighted by Gasteiger charge is 2.05. The average Bonchev–Trinajstić information content (AvgIpc) is 2.76. The fourth-order valence-corrected chi connectivity index (χ4v) is 3.30. The smallest absolute Gasteiger partial charge is 0.0766 e. The maximum Gasteiger partial charge on any atom is 0.0766 e. The van der Waals surface area contributed by atoms with E-state index in [0.717, 1.165) is 0 Å². The summed E-state index contributed by atoms with van der Waals surface area (Å²) in [5, 5.41) is 29.4. The molecule has 0 aromatic carbocycles. The number of carboxylic acids is 1. The highest BCUT2D eigenvalue weighted by atomic mass is 16.4. The van der Waals surface area contributed by atoms with E-state index in [1.807, 2.05) is 0 Å². The number of rotatable bonds is 22. The Morgan fingerprint density at radius 1 is 0.844 bits per heavy atom. The molecule has 0 aromatic rings. The maximum absolute atomic E-state index is 10.1. The number of unbranched alkanes of at least 4 members (excludes halogenated alkanes) is 12. The van der Waals surface area contributed by atoms with Gasteiger partial charge in [0.1, 0.15) is 0 Å². The Morgan fingerprint density at radius 3 is 1.78 bits per heavy atom. The summed E-state index contributed by atoms with van der Waals surface area (Å²) in [5.41, 5.74) is 0. The predicted molar refractivity (Wildman–Crippen MR) is 133 cm³/mol. The molecule has 0 aliphatic rings. The summed E-state index contributed by atoms with van der Waals surface area (Å²) in [6, 6.07) is -1.03. The summed E-state index contributed by atoms with van der Waals surface area (Å²) in [5.74, 6) is -1.33. The van der Waals surface area contributed by atoms with Crippen LogP contribution in [0.15, 0.2) is 12.2 Å². The number of hydrogen-bond donors (Lipinski definition) is 4. The number of aliphatic carboxylic acids is 1. The van der Waals surface area contributed by atoms with Gasteiger partial charge in [-0.25, -0.2) is 0 Å². The lowest BCUT2D eigenvalue weighted by Crippen LogP contribution is -3.05. The topological polar surface area (TPSA) is 97.1 Å². The summed E-state index contributed by atoms with van der Waals surface area (Å²) < 4.78 is 0. The molecule has 1 atom stereocenters. The molecule has 0 rings (SSSR count). The highest BCUT2D eigenvalue weighted by molar-refractivity contribution is 5.71. The Kier molecular flexibility index (Phi) is 29.2. The second kappa shape index (κ2) is 28.1. The van der Waals surface area contributed by atoms with Crippen molar-refractivity contribution in [3.05, 3.63) is 12.2 Å². The molecule has 6 heteroatoms. The van der Waals surface area contributed by atoms with Gasteiger partial charge in [-0.15, -0.1) is 0 Å². The van der Waals surface area contributed by atoms with E-state index in [1.165, 1.54) is 96.4 Å². The van der Waals surface area contributed by atoms with Crippen molar-refractivity contribution in [3.8, 4) is 0 Å². The van der Waals surface area contributed by atoms with Crippen LogP contribution in [0.3, 0.4) is 0 Å². The van der Waals surface area contributed by atoms with E-state index >= 15 is 0 Å². The molecule has 0 amide bonds. The number of aliphatic hydroxyl groups excluding tert-OH is 2. The first kappa shape index (κ1) is 33.2. The Bertz CT molecular complexity index is 403. The Morgan fingerprint density at radius 2 is 1.34 bits per heavy atom. The lowest BCUT2D eigenvalue weighted by Gasteiger charge is -2.16. The molecule has 192 valence electrons. The summed E-state index contributed by atoms with van der Waals surface area (Å²) >= 11 is 0. The second-order valence-electron chi connectivity index (χ2n) is 8.98. The molecule has 0 bridgehead atoms. The highest BCUT2D eigenvalue weighted by Crippen LogP contribution is 2.09. The molecule has 0 unspecified atom stereocenters. The molecule has 0 spiro atoms. The molecule has 4 N–H and O–H groups in total. The molecule has 0 heterocycles. The van der Waals surface area contributed by atoms with Crippen LogP contribution in [0.5, 0.6) is 0 Å². The zero-order valence-electron chi connectivity index (χ0n) is 21.4. The van der Waals surface area contributed by atoms with Crippen LogP contribution in [0, 0.1) is 0 Å². The van der Waals surface area contributed by atoms with E-state index in [0.29, 0.717) is 13.0 Å². The van der Waals surface area contributed by atoms with Crippen molar-refractivity contribution in [3.63, 3.8) is 0 Å². The van der Waals surface area contributed by atoms with Gasteiger partial charge in [-0.3, -0.25) is 0 Å². The minimum atomic E-state index is -1.33. The van der Waals surface area contributed by atoms with Gasteiger partial charge in [0, 0.05) is 6.61 Å². The van der Waals surface area contributed by atoms with Gasteiger partial charge in [0.2, 0.25) is 0 Å². The summed E-state index contributed by atoms with van der Waals surface area (Å²) in [7, 11) is 4.50. The van der Waals surface area contributed by atoms with Gasteiger partial charge in [-0.1, -0.05) is 70.4 Å². The number of nitrogens with one attached hydrogen (secondary N) is 2. The predicted octanol–water partition coefficient (Wildman–Crippen LogP) is 2.24. The Hall–Kier alpha value is -0.950. The molecule has 0 radical (unpaired) electrons. The molecule has 6 nitrogen and oxygen atoms in total. The van der Waals surface area contributed by atoms with Gasteiger partial charge >= 0.3 is 0 Å². The molecule has 0 aliphatic carbocycles. The largest absolute Gasteiger partial charge is 0.548 e. The molecular weight excluding hydrogens is 404 g/mol. The van der Waals surface area contributed by atoms with Crippen molar-refractivity contribution >= 4 is 5.97 Å². The first-order valence-corrected chi connectivity index (χ1v) is 13.1.